The molecule has 6 aromatic rings. The zero-order valence-corrected chi connectivity index (χ0v) is 43.2. The van der Waals surface area contributed by atoms with E-state index >= 15 is 0 Å². The van der Waals surface area contributed by atoms with Crippen LogP contribution in [0.5, 0.6) is 5.75 Å². The minimum Gasteiger partial charge on any atom is -0.490 e. The largest absolute Gasteiger partial charge is 0.490 e. The van der Waals surface area contributed by atoms with Crippen LogP contribution in [0.1, 0.15) is 116 Å². The molecule has 372 valence electrons. The molecule has 0 spiro atoms. The number of halogens is 1. The molecule has 3 aliphatic rings. The molecule has 71 heavy (non-hydrogen) atoms. The summed E-state index contributed by atoms with van der Waals surface area (Å²) in [4.78, 5) is 41.4. The first kappa shape index (κ1) is 50.1. The zero-order chi connectivity index (χ0) is 50.4. The van der Waals surface area contributed by atoms with E-state index in [-0.39, 0.29) is 55.3 Å². The van der Waals surface area contributed by atoms with Gasteiger partial charge in [-0.2, -0.15) is 5.10 Å². The van der Waals surface area contributed by atoms with Gasteiger partial charge in [-0.3, -0.25) is 34.1 Å². The summed E-state index contributed by atoms with van der Waals surface area (Å²) in [5.41, 5.74) is 13.5. The van der Waals surface area contributed by atoms with Crippen LogP contribution < -0.4 is 21.1 Å². The highest BCUT2D eigenvalue weighted by atomic mass is 35.5. The maximum Gasteiger partial charge on any atom is 0.248 e. The number of aliphatic hydroxyl groups excluding tert-OH is 2. The van der Waals surface area contributed by atoms with Crippen molar-refractivity contribution in [2.45, 2.75) is 123 Å². The van der Waals surface area contributed by atoms with Crippen molar-refractivity contribution in [3.63, 3.8) is 0 Å². The van der Waals surface area contributed by atoms with Gasteiger partial charge < -0.3 is 30.9 Å². The molecular weight excluding hydrogens is 958 g/mol. The number of benzene rings is 2. The number of β-amino-alcohol motifs (C(OH)–C–C–N with tert-alkyl or cyclic N) is 1. The predicted molar refractivity (Wildman–Crippen MR) is 279 cm³/mol. The summed E-state index contributed by atoms with van der Waals surface area (Å²) in [6.45, 7) is 13.7. The van der Waals surface area contributed by atoms with Gasteiger partial charge in [-0.1, -0.05) is 61.8 Å². The molecule has 19 heteroatoms. The van der Waals surface area contributed by atoms with Crippen LogP contribution in [-0.2, 0) is 9.59 Å². The van der Waals surface area contributed by atoms with E-state index in [0.29, 0.717) is 51.3 Å². The number of aryl methyl sites for hydroxylation is 2. The number of fused-ring (bicyclic) bond motifs is 3. The highest BCUT2D eigenvalue weighted by molar-refractivity contribution is 7.90. The van der Waals surface area contributed by atoms with E-state index in [2.05, 4.69) is 62.0 Å². The summed E-state index contributed by atoms with van der Waals surface area (Å²) in [6.07, 6.45) is 5.09. The lowest BCUT2D eigenvalue weighted by Crippen LogP contribution is -2.50. The van der Waals surface area contributed by atoms with Crippen molar-refractivity contribution in [1.29, 1.82) is 0 Å². The number of nitrogens with one attached hydrogen (secondary N) is 2. The summed E-state index contributed by atoms with van der Waals surface area (Å²) in [7, 11) is 0. The fraction of sp³-hybridized carbons (Fsp3) is 0.404. The van der Waals surface area contributed by atoms with Gasteiger partial charge in [0.05, 0.1) is 29.7 Å². The number of thiol groups is 1. The van der Waals surface area contributed by atoms with Gasteiger partial charge in [-0.05, 0) is 88.3 Å². The average molecular weight is 1020 g/mol. The second-order valence-corrected chi connectivity index (χ2v) is 21.4. The number of hydrogen-bond donors (Lipinski definition) is 6. The number of carbonyl (C=O) groups is 2. The van der Waals surface area contributed by atoms with Crippen LogP contribution in [0.4, 0.5) is 0 Å². The Hall–Kier alpha value is -5.89. The highest BCUT2D eigenvalue weighted by Gasteiger charge is 2.43. The van der Waals surface area contributed by atoms with Crippen LogP contribution in [0.2, 0.25) is 5.02 Å². The SMILES string of the molecule is C/C(N)=C(/S)c1ccc([C@H](C)NC(=O)[C@@H]2C[C@@H](O)CN2C(=O)[C@@H](C(C)C)n2cc(-c3cc(OC4CC(NC(O)C[C@@H]5N=C(c6ccc(Cl)cc6)c6c(sc(C)c6C)-n6c(C)nnc65)C4)ccn3)cn2)cc1. The molecule has 6 atom stereocenters. The van der Waals surface area contributed by atoms with Gasteiger partial charge in [0.1, 0.15) is 47.0 Å². The molecule has 1 saturated carbocycles. The van der Waals surface area contributed by atoms with E-state index in [0.717, 1.165) is 44.4 Å². The fourth-order valence-electron chi connectivity index (χ4n) is 9.69. The van der Waals surface area contributed by atoms with Crippen molar-refractivity contribution in [3.05, 3.63) is 134 Å². The minimum atomic E-state index is -0.876. The lowest BCUT2D eigenvalue weighted by atomic mass is 9.89. The number of pyridine rings is 1. The first-order valence-corrected chi connectivity index (χ1v) is 25.6. The Labute approximate surface area is 427 Å². The summed E-state index contributed by atoms with van der Waals surface area (Å²) in [5, 5.41) is 44.0. The van der Waals surface area contributed by atoms with Gasteiger partial charge in [0.15, 0.2) is 5.82 Å². The number of thiophene rings is 1. The summed E-state index contributed by atoms with van der Waals surface area (Å²) >= 11 is 12.5. The maximum atomic E-state index is 14.4. The maximum absolute atomic E-state index is 14.4. The van der Waals surface area contributed by atoms with E-state index in [4.69, 9.17) is 27.1 Å². The molecule has 0 radical (unpaired) electrons. The standard InChI is InChI=1S/C52H60ClN11O5S2/c1-26(2)47(51(68)62-25-38(65)20-43(62)50(67)57-29(5)32-8-10-34(11-9-32)48(70)28(4)54)63-24-35(23-56-63)41-21-39(16-17-55-41)69-40-18-37(19-40)58-44(66)22-42-49-61-60-31(7)64(49)52-45(27(3)30(6)71-52)46(59-42)33-12-14-36(53)15-13-33/h8-17,21,23-24,26,29,37-38,40,42-44,47,58,65-66,70H,18-20,22,25,54H2,1-7H3,(H,57,67)/b48-28-/t29-,37?,38+,40?,42-,43-,44?,47+/m0/s1. The molecular formula is C52H60ClN11O5S2. The number of nitrogens with two attached hydrogens (primary N) is 1. The molecule has 1 saturated heterocycles. The van der Waals surface area contributed by atoms with Crippen molar-refractivity contribution in [1.82, 2.24) is 45.1 Å². The first-order chi connectivity index (χ1) is 33.9. The van der Waals surface area contributed by atoms with Gasteiger partial charge in [-0.25, -0.2) is 0 Å². The Morgan fingerprint density at radius 1 is 1.01 bits per heavy atom. The lowest BCUT2D eigenvalue weighted by Gasteiger charge is -2.37. The topological polar surface area (TPSA) is 211 Å². The number of ether oxygens (including phenoxy) is 1. The Morgan fingerprint density at radius 3 is 2.45 bits per heavy atom. The second-order valence-electron chi connectivity index (χ2n) is 19.3. The van der Waals surface area contributed by atoms with Gasteiger partial charge in [0, 0.05) is 81.1 Å². The third-order valence-electron chi connectivity index (χ3n) is 13.7. The monoisotopic (exact) mass is 1020 g/mol. The van der Waals surface area contributed by atoms with E-state index in [1.165, 1.54) is 9.78 Å². The normalized spacial score (nSPS) is 21.3. The molecule has 1 aliphatic carbocycles. The summed E-state index contributed by atoms with van der Waals surface area (Å²) < 4.78 is 10.1. The molecule has 1 unspecified atom stereocenters. The fourth-order valence-corrected chi connectivity index (χ4v) is 11.2. The highest BCUT2D eigenvalue weighted by Crippen LogP contribution is 2.40. The zero-order valence-electron chi connectivity index (χ0n) is 40.7. The van der Waals surface area contributed by atoms with E-state index in [1.54, 1.807) is 41.5 Å². The molecule has 9 rings (SSSR count). The minimum absolute atomic E-state index is 0.0191. The Kier molecular flexibility index (Phi) is 14.6. The number of likely N-dealkylation sites (tertiary alicyclic amines) is 1. The molecule has 6 N–H and O–H groups in total. The molecule has 16 nitrogen and oxygen atoms in total. The van der Waals surface area contributed by atoms with Crippen molar-refractivity contribution in [2.24, 2.45) is 16.6 Å². The third kappa shape index (κ3) is 10.4. The number of aromatic nitrogens is 6. The number of nitrogens with zero attached hydrogens (tertiary/aromatic N) is 8. The van der Waals surface area contributed by atoms with Crippen molar-refractivity contribution < 1.29 is 24.5 Å². The molecule has 2 amide bonds. The number of allylic oxidation sites excluding steroid dienone is 1. The van der Waals surface area contributed by atoms with E-state index in [1.807, 2.05) is 88.4 Å². The van der Waals surface area contributed by atoms with Gasteiger partial charge in [0.2, 0.25) is 11.8 Å². The van der Waals surface area contributed by atoms with Crippen molar-refractivity contribution in [2.75, 3.05) is 6.54 Å². The van der Waals surface area contributed by atoms with E-state index < -0.39 is 30.5 Å². The first-order valence-electron chi connectivity index (χ1n) is 24.0. The van der Waals surface area contributed by atoms with Crippen LogP contribution >= 0.6 is 35.6 Å². The second kappa shape index (κ2) is 20.7. The number of aliphatic hydroxyl groups is 2. The quantitative estimate of drug-likeness (QED) is 0.0436. The smallest absolute Gasteiger partial charge is 0.248 e. The predicted octanol–water partition coefficient (Wildman–Crippen LogP) is 7.58. The molecule has 2 aromatic carbocycles. The Bertz CT molecular complexity index is 2990. The van der Waals surface area contributed by atoms with E-state index in [9.17, 15) is 19.8 Å². The molecule has 0 bridgehead atoms. The van der Waals surface area contributed by atoms with Gasteiger partial charge in [-0.15, -0.1) is 34.2 Å². The van der Waals surface area contributed by atoms with Crippen LogP contribution in [0.3, 0.4) is 0 Å². The third-order valence-corrected chi connectivity index (χ3v) is 15.8. The number of amides is 2. The lowest BCUT2D eigenvalue weighted by molar-refractivity contribution is -0.142. The van der Waals surface area contributed by atoms with Crippen LogP contribution in [0.25, 0.3) is 21.2 Å². The number of carbonyl (C=O) groups excluding carboxylic acids is 2. The number of hydrogen-bond acceptors (Lipinski definition) is 14. The summed E-state index contributed by atoms with van der Waals surface area (Å²) in [5.74, 6) is 1.24. The molecule has 2 fully saturated rings. The number of aliphatic imine (C=N–C) groups is 1. The Balaban J connectivity index is 0.821. The molecule has 4 aromatic heterocycles. The Morgan fingerprint density at radius 2 is 1.75 bits per heavy atom. The van der Waals surface area contributed by atoms with Gasteiger partial charge in [0.25, 0.3) is 0 Å². The average Bonchev–Trinajstić information content (AvgIpc) is 4.11. The van der Waals surface area contributed by atoms with Gasteiger partial charge >= 0.3 is 0 Å². The molecule has 2 aliphatic heterocycles. The van der Waals surface area contributed by atoms with Crippen molar-refractivity contribution >= 4 is 58.0 Å². The number of rotatable bonds is 15. The molecule has 6 heterocycles. The van der Waals surface area contributed by atoms with Crippen LogP contribution in [-0.4, -0.2) is 99.2 Å². The van der Waals surface area contributed by atoms with Crippen molar-refractivity contribution in [3.8, 4) is 22.0 Å². The van der Waals surface area contributed by atoms with Crippen LogP contribution in [0.15, 0.2) is 89.9 Å². The van der Waals surface area contributed by atoms with Crippen LogP contribution in [0, 0.1) is 26.7 Å². The summed E-state index contributed by atoms with van der Waals surface area (Å²) in [6, 6.07) is 16.6.